The third-order valence-corrected chi connectivity index (χ3v) is 4.32. The van der Waals surface area contributed by atoms with E-state index in [-0.39, 0.29) is 58.5 Å². The van der Waals surface area contributed by atoms with Gasteiger partial charge < -0.3 is 9.90 Å². The van der Waals surface area contributed by atoms with Crippen molar-refractivity contribution in [3.63, 3.8) is 0 Å². The van der Waals surface area contributed by atoms with Crippen molar-refractivity contribution in [3.8, 4) is 0 Å². The molecule has 9 heteroatoms. The van der Waals surface area contributed by atoms with Crippen LogP contribution < -0.4 is 34.7 Å². The number of hydrogen-bond acceptors (Lipinski definition) is 6. The largest absolute Gasteiger partial charge is 1.00 e. The van der Waals surface area contributed by atoms with Crippen LogP contribution in [0.2, 0.25) is 0 Å². The second kappa shape index (κ2) is 5.53. The summed E-state index contributed by atoms with van der Waals surface area (Å²) in [6.07, 6.45) is 1.95. The third kappa shape index (κ3) is 2.11. The minimum atomic E-state index is -1.36. The molecule has 0 bridgehead atoms. The Morgan fingerprint density at radius 3 is 2.80 bits per heavy atom. The van der Waals surface area contributed by atoms with E-state index >= 15 is 0 Å². The zero-order valence-corrected chi connectivity index (χ0v) is 13.7. The fourth-order valence-corrected chi connectivity index (χ4v) is 3.40. The first kappa shape index (κ1) is 15.6. The fraction of sp³-hybridized carbons (Fsp3) is 0.364. The molecule has 0 saturated carbocycles. The van der Waals surface area contributed by atoms with Crippen molar-refractivity contribution in [1.29, 1.82) is 0 Å². The van der Waals surface area contributed by atoms with Gasteiger partial charge in [-0.2, -0.15) is 0 Å². The minimum Gasteiger partial charge on any atom is -0.543 e. The molecule has 100 valence electrons. The van der Waals surface area contributed by atoms with Gasteiger partial charge in [-0.15, -0.1) is 11.8 Å². The number of nitrogens with zero attached hydrogens (tertiary/aromatic N) is 2. The van der Waals surface area contributed by atoms with Crippen molar-refractivity contribution in [1.82, 2.24) is 9.96 Å². The average molecular weight is 304 g/mol. The van der Waals surface area contributed by atoms with Gasteiger partial charge in [0.2, 0.25) is 5.91 Å². The Morgan fingerprint density at radius 1 is 1.55 bits per heavy atom. The van der Waals surface area contributed by atoms with Crippen molar-refractivity contribution < 1.29 is 53.9 Å². The quantitative estimate of drug-likeness (QED) is 0.297. The molecule has 2 saturated heterocycles. The molecule has 0 aromatic heterocycles. The number of amides is 2. The van der Waals surface area contributed by atoms with E-state index in [2.05, 4.69) is 0 Å². The van der Waals surface area contributed by atoms with E-state index in [1.807, 2.05) is 0 Å². The molecule has 2 amide bonds. The number of carboxylic acids is 1. The van der Waals surface area contributed by atoms with Crippen LogP contribution in [0.3, 0.4) is 0 Å². The third-order valence-electron chi connectivity index (χ3n) is 3.24. The summed E-state index contributed by atoms with van der Waals surface area (Å²) in [5.41, 5.74) is 0.391. The number of rotatable bonds is 3. The van der Waals surface area contributed by atoms with Crippen LogP contribution in [0.4, 0.5) is 0 Å². The molecule has 0 radical (unpaired) electrons. The maximum atomic E-state index is 11.9. The second-order valence-electron chi connectivity index (χ2n) is 4.25. The summed E-state index contributed by atoms with van der Waals surface area (Å²) in [4.78, 5) is 39.9. The van der Waals surface area contributed by atoms with Crippen LogP contribution in [0, 0.1) is 0 Å². The molecule has 0 aromatic rings. The number of carbonyl (C=O) groups excluding carboxylic acids is 3. The first-order valence-electron chi connectivity index (χ1n) is 5.53. The number of carbonyl (C=O) groups is 3. The monoisotopic (exact) mass is 304 g/mol. The Kier molecular flexibility index (Phi) is 4.31. The zero-order valence-electron chi connectivity index (χ0n) is 10.9. The van der Waals surface area contributed by atoms with Gasteiger partial charge >= 0.3 is 29.6 Å². The summed E-state index contributed by atoms with van der Waals surface area (Å²) in [5, 5.41) is 13.1. The topological polar surface area (TPSA) is 90.0 Å². The number of thioether (sulfide) groups is 1. The molecule has 0 aromatic carbocycles. The van der Waals surface area contributed by atoms with Gasteiger partial charge in [0.05, 0.1) is 31.2 Å². The van der Waals surface area contributed by atoms with Crippen LogP contribution in [0.5, 0.6) is 0 Å². The molecule has 0 unspecified atom stereocenters. The molecule has 3 heterocycles. The molecule has 0 aliphatic carbocycles. The SMILES string of the molecule is CON1C(=O)C[C@@H]1/C=C1/C(=O)N2C(C(=O)[O-])=CS[C@H]12.[Na+]. The molecule has 3 aliphatic rings. The van der Waals surface area contributed by atoms with Crippen LogP contribution in [0.25, 0.3) is 0 Å². The first-order valence-corrected chi connectivity index (χ1v) is 6.47. The Bertz CT molecular complexity index is 561. The normalized spacial score (nSPS) is 29.4. The van der Waals surface area contributed by atoms with Gasteiger partial charge in [-0.3, -0.25) is 19.3 Å². The summed E-state index contributed by atoms with van der Waals surface area (Å²) in [5.74, 6) is -1.86. The Labute approximate surface area is 140 Å². The van der Waals surface area contributed by atoms with Crippen LogP contribution in [0.1, 0.15) is 6.42 Å². The van der Waals surface area contributed by atoms with Gasteiger partial charge in [0.15, 0.2) is 0 Å². The summed E-state index contributed by atoms with van der Waals surface area (Å²) < 4.78 is 0. The minimum absolute atomic E-state index is 0. The summed E-state index contributed by atoms with van der Waals surface area (Å²) in [6, 6.07) is -0.258. The molecule has 20 heavy (non-hydrogen) atoms. The molecule has 2 fully saturated rings. The molecule has 7 nitrogen and oxygen atoms in total. The number of fused-ring (bicyclic) bond motifs is 1. The van der Waals surface area contributed by atoms with Gasteiger partial charge in [0.1, 0.15) is 5.37 Å². The molecule has 0 spiro atoms. The van der Waals surface area contributed by atoms with E-state index in [0.717, 1.165) is 0 Å². The molecule has 3 rings (SSSR count). The number of aliphatic carboxylic acids is 1. The second-order valence-corrected chi connectivity index (χ2v) is 5.20. The predicted molar refractivity (Wildman–Crippen MR) is 61.7 cm³/mol. The van der Waals surface area contributed by atoms with Crippen LogP contribution in [0.15, 0.2) is 22.8 Å². The predicted octanol–water partition coefficient (Wildman–Crippen LogP) is -4.41. The Hall–Kier alpha value is -0.800. The number of hydrogen-bond donors (Lipinski definition) is 0. The van der Waals surface area contributed by atoms with Gasteiger partial charge in [-0.05, 0) is 11.5 Å². The maximum absolute atomic E-state index is 11.9. The van der Waals surface area contributed by atoms with Crippen molar-refractivity contribution in [2.45, 2.75) is 17.8 Å². The fourth-order valence-electron chi connectivity index (χ4n) is 2.28. The van der Waals surface area contributed by atoms with Crippen LogP contribution in [-0.4, -0.2) is 46.3 Å². The zero-order chi connectivity index (χ0) is 13.7. The smallest absolute Gasteiger partial charge is 0.543 e. The van der Waals surface area contributed by atoms with E-state index in [1.54, 1.807) is 6.08 Å². The summed E-state index contributed by atoms with van der Waals surface area (Å²) in [6.45, 7) is 0. The standard InChI is InChI=1S/C11H10N2O5S.Na/c1-18-13-5(3-8(13)14)2-6-9(15)12-7(11(16)17)4-19-10(6)12;/h2,4-5,10H,3H2,1H3,(H,16,17);/q;+1/p-1/b6-2-;/t5-,10+;/m0./s1. The molecule has 3 aliphatic heterocycles. The Balaban J connectivity index is 0.00000147. The van der Waals surface area contributed by atoms with Crippen LogP contribution in [-0.2, 0) is 19.2 Å². The Morgan fingerprint density at radius 2 is 2.25 bits per heavy atom. The molecule has 0 N–H and O–H groups in total. The van der Waals surface area contributed by atoms with Crippen molar-refractivity contribution in [3.05, 3.63) is 22.8 Å². The number of hydroxylamine groups is 2. The van der Waals surface area contributed by atoms with Gasteiger partial charge in [-0.25, -0.2) is 5.06 Å². The van der Waals surface area contributed by atoms with Gasteiger partial charge in [-0.1, -0.05) is 0 Å². The van der Waals surface area contributed by atoms with E-state index in [4.69, 9.17) is 4.84 Å². The molecular weight excluding hydrogens is 295 g/mol. The number of carboxylic acid groups (broad SMARTS) is 1. The average Bonchev–Trinajstić information content (AvgIpc) is 2.74. The van der Waals surface area contributed by atoms with E-state index < -0.39 is 5.97 Å². The molecular formula is C11H9N2NaO5S. The molecule has 2 atom stereocenters. The van der Waals surface area contributed by atoms with Crippen molar-refractivity contribution >= 4 is 29.5 Å². The maximum Gasteiger partial charge on any atom is 1.00 e. The van der Waals surface area contributed by atoms with E-state index in [9.17, 15) is 19.5 Å². The summed E-state index contributed by atoms with van der Waals surface area (Å²) in [7, 11) is 1.39. The van der Waals surface area contributed by atoms with Gasteiger partial charge in [0.25, 0.3) is 5.91 Å². The van der Waals surface area contributed by atoms with E-state index in [0.29, 0.717) is 12.0 Å². The summed E-state index contributed by atoms with van der Waals surface area (Å²) >= 11 is 1.24. The van der Waals surface area contributed by atoms with Gasteiger partial charge in [0, 0.05) is 5.57 Å². The first-order chi connectivity index (χ1) is 9.04. The van der Waals surface area contributed by atoms with E-state index in [1.165, 1.54) is 34.2 Å². The van der Waals surface area contributed by atoms with Crippen molar-refractivity contribution in [2.24, 2.45) is 0 Å². The van der Waals surface area contributed by atoms with Crippen LogP contribution >= 0.6 is 11.8 Å². The number of β-lactam (4-membered cyclic amide) rings is 2. The van der Waals surface area contributed by atoms with Crippen molar-refractivity contribution in [2.75, 3.05) is 7.11 Å².